The molecule has 0 aliphatic heterocycles. The molecule has 112 valence electrons. The molecule has 0 spiro atoms. The molecule has 1 saturated carbocycles. The Morgan fingerprint density at radius 2 is 2.20 bits per heavy atom. The van der Waals surface area contributed by atoms with E-state index in [0.29, 0.717) is 18.8 Å². The third kappa shape index (κ3) is 3.03. The summed E-state index contributed by atoms with van der Waals surface area (Å²) in [5.74, 6) is -0.975. The number of nitrogens with zero attached hydrogens (tertiary/aromatic N) is 2. The first-order valence-corrected chi connectivity index (χ1v) is 8.48. The molecule has 1 N–H and O–H groups in total. The van der Waals surface area contributed by atoms with Crippen LogP contribution in [0.3, 0.4) is 0 Å². The SMILES string of the molecule is CC1CCCC(S(=O)(=O)Cc2c(C(=O)O)cnn2C)C1. The number of carbonyl (C=O) groups is 1. The maximum atomic E-state index is 12.5. The van der Waals surface area contributed by atoms with Crippen LogP contribution in [0.5, 0.6) is 0 Å². The predicted octanol–water partition coefficient (Wildman–Crippen LogP) is 1.61. The van der Waals surface area contributed by atoms with E-state index < -0.39 is 15.8 Å². The Morgan fingerprint density at radius 3 is 2.80 bits per heavy atom. The van der Waals surface area contributed by atoms with Crippen LogP contribution in [0.4, 0.5) is 0 Å². The maximum Gasteiger partial charge on any atom is 0.339 e. The molecule has 2 rings (SSSR count). The number of sulfone groups is 1. The molecule has 1 aliphatic carbocycles. The molecule has 20 heavy (non-hydrogen) atoms. The smallest absolute Gasteiger partial charge is 0.339 e. The third-order valence-electron chi connectivity index (χ3n) is 4.03. The van der Waals surface area contributed by atoms with Crippen LogP contribution in [-0.2, 0) is 22.6 Å². The van der Waals surface area contributed by atoms with Gasteiger partial charge in [-0.25, -0.2) is 13.2 Å². The van der Waals surface area contributed by atoms with E-state index in [1.54, 1.807) is 7.05 Å². The van der Waals surface area contributed by atoms with Crippen molar-refractivity contribution < 1.29 is 18.3 Å². The molecule has 1 aliphatic rings. The minimum absolute atomic E-state index is 0.0278. The molecule has 0 aromatic carbocycles. The quantitative estimate of drug-likeness (QED) is 0.912. The van der Waals surface area contributed by atoms with Gasteiger partial charge in [-0.1, -0.05) is 19.8 Å². The van der Waals surface area contributed by atoms with E-state index in [2.05, 4.69) is 12.0 Å². The van der Waals surface area contributed by atoms with Gasteiger partial charge in [-0.05, 0) is 18.8 Å². The lowest BCUT2D eigenvalue weighted by Gasteiger charge is -2.26. The van der Waals surface area contributed by atoms with Gasteiger partial charge in [0.05, 0.1) is 22.9 Å². The Morgan fingerprint density at radius 1 is 1.50 bits per heavy atom. The molecular formula is C13H20N2O4S. The average molecular weight is 300 g/mol. The molecule has 2 atom stereocenters. The van der Waals surface area contributed by atoms with Crippen LogP contribution in [0, 0.1) is 5.92 Å². The monoisotopic (exact) mass is 300 g/mol. The van der Waals surface area contributed by atoms with Gasteiger partial charge in [0.15, 0.2) is 9.84 Å². The largest absolute Gasteiger partial charge is 0.478 e. The lowest BCUT2D eigenvalue weighted by atomic mass is 9.91. The van der Waals surface area contributed by atoms with Crippen molar-refractivity contribution in [3.05, 3.63) is 17.5 Å². The number of aryl methyl sites for hydroxylation is 1. The summed E-state index contributed by atoms with van der Waals surface area (Å²) in [5, 5.41) is 12.6. The molecule has 0 radical (unpaired) electrons. The van der Waals surface area contributed by atoms with E-state index in [-0.39, 0.29) is 22.3 Å². The van der Waals surface area contributed by atoms with Gasteiger partial charge in [-0.15, -0.1) is 0 Å². The molecule has 1 heterocycles. The number of hydrogen-bond donors (Lipinski definition) is 1. The fourth-order valence-electron chi connectivity index (χ4n) is 2.83. The minimum Gasteiger partial charge on any atom is -0.478 e. The van der Waals surface area contributed by atoms with E-state index in [4.69, 9.17) is 5.11 Å². The molecule has 1 fully saturated rings. The van der Waals surface area contributed by atoms with Gasteiger partial charge < -0.3 is 5.11 Å². The number of hydrogen-bond acceptors (Lipinski definition) is 4. The highest BCUT2D eigenvalue weighted by atomic mass is 32.2. The first-order valence-electron chi connectivity index (χ1n) is 6.77. The van der Waals surface area contributed by atoms with E-state index in [9.17, 15) is 13.2 Å². The Kier molecular flexibility index (Phi) is 4.17. The van der Waals surface area contributed by atoms with Crippen LogP contribution in [-0.4, -0.2) is 34.5 Å². The number of aromatic carboxylic acids is 1. The van der Waals surface area contributed by atoms with Gasteiger partial charge in [0.25, 0.3) is 0 Å². The molecule has 0 amide bonds. The molecule has 0 bridgehead atoms. The Labute approximate surface area is 118 Å². The number of aromatic nitrogens is 2. The zero-order chi connectivity index (χ0) is 14.9. The minimum atomic E-state index is -3.34. The van der Waals surface area contributed by atoms with Crippen molar-refractivity contribution in [2.75, 3.05) is 0 Å². The molecule has 7 heteroatoms. The number of carboxylic acids is 1. The summed E-state index contributed by atoms with van der Waals surface area (Å²) in [7, 11) is -1.77. The maximum absolute atomic E-state index is 12.5. The Bertz CT molecular complexity index is 606. The van der Waals surface area contributed by atoms with E-state index in [0.717, 1.165) is 12.8 Å². The lowest BCUT2D eigenvalue weighted by Crippen LogP contribution is -2.29. The van der Waals surface area contributed by atoms with Gasteiger partial charge in [0.2, 0.25) is 0 Å². The zero-order valence-electron chi connectivity index (χ0n) is 11.7. The number of rotatable bonds is 4. The van der Waals surface area contributed by atoms with E-state index in [1.807, 2.05) is 0 Å². The summed E-state index contributed by atoms with van der Waals surface area (Å²) in [4.78, 5) is 11.1. The second-order valence-corrected chi connectivity index (χ2v) is 7.92. The normalized spacial score (nSPS) is 23.7. The molecule has 1 aromatic rings. The highest BCUT2D eigenvalue weighted by Gasteiger charge is 2.32. The van der Waals surface area contributed by atoms with Crippen molar-refractivity contribution in [3.63, 3.8) is 0 Å². The van der Waals surface area contributed by atoms with Crippen molar-refractivity contribution in [2.24, 2.45) is 13.0 Å². The first-order chi connectivity index (χ1) is 9.31. The van der Waals surface area contributed by atoms with Gasteiger partial charge in [0.1, 0.15) is 5.56 Å². The highest BCUT2D eigenvalue weighted by molar-refractivity contribution is 7.91. The average Bonchev–Trinajstić information content (AvgIpc) is 2.71. The second-order valence-electron chi connectivity index (χ2n) is 5.63. The topological polar surface area (TPSA) is 89.3 Å². The summed E-state index contributed by atoms with van der Waals surface area (Å²) >= 11 is 0. The lowest BCUT2D eigenvalue weighted by molar-refractivity contribution is 0.0696. The standard InChI is InChI=1S/C13H20N2O4S/c1-9-4-3-5-10(6-9)20(18,19)8-12-11(13(16)17)7-14-15(12)2/h7,9-10H,3-6,8H2,1-2H3,(H,16,17). The van der Waals surface area contributed by atoms with Crippen molar-refractivity contribution in [1.82, 2.24) is 9.78 Å². The van der Waals surface area contributed by atoms with Crippen molar-refractivity contribution >= 4 is 15.8 Å². The van der Waals surface area contributed by atoms with E-state index >= 15 is 0 Å². The van der Waals surface area contributed by atoms with Crippen molar-refractivity contribution in [2.45, 2.75) is 43.6 Å². The van der Waals surface area contributed by atoms with Gasteiger partial charge in [-0.3, -0.25) is 4.68 Å². The summed E-state index contributed by atoms with van der Waals surface area (Å²) in [5.41, 5.74) is 0.232. The van der Waals surface area contributed by atoms with E-state index in [1.165, 1.54) is 10.9 Å². The Balaban J connectivity index is 2.24. The van der Waals surface area contributed by atoms with Crippen LogP contribution < -0.4 is 0 Å². The van der Waals surface area contributed by atoms with Crippen LogP contribution in [0.1, 0.15) is 48.7 Å². The van der Waals surface area contributed by atoms with Crippen LogP contribution in [0.25, 0.3) is 0 Å². The fraction of sp³-hybridized carbons (Fsp3) is 0.692. The fourth-order valence-corrected chi connectivity index (χ4v) is 4.93. The van der Waals surface area contributed by atoms with Crippen LogP contribution >= 0.6 is 0 Å². The van der Waals surface area contributed by atoms with Gasteiger partial charge in [-0.2, -0.15) is 5.10 Å². The van der Waals surface area contributed by atoms with Crippen LogP contribution in [0.2, 0.25) is 0 Å². The predicted molar refractivity (Wildman–Crippen MR) is 74.2 cm³/mol. The summed E-state index contributed by atoms with van der Waals surface area (Å²) < 4.78 is 26.3. The van der Waals surface area contributed by atoms with Crippen molar-refractivity contribution in [3.8, 4) is 0 Å². The van der Waals surface area contributed by atoms with Crippen LogP contribution in [0.15, 0.2) is 6.20 Å². The molecule has 1 aromatic heterocycles. The number of carboxylic acid groups (broad SMARTS) is 1. The van der Waals surface area contributed by atoms with Crippen molar-refractivity contribution in [1.29, 1.82) is 0 Å². The summed E-state index contributed by atoms with van der Waals surface area (Å²) in [6, 6.07) is 0. The summed E-state index contributed by atoms with van der Waals surface area (Å²) in [6.07, 6.45) is 4.53. The highest BCUT2D eigenvalue weighted by Crippen LogP contribution is 2.30. The molecule has 2 unspecified atom stereocenters. The van der Waals surface area contributed by atoms with Gasteiger partial charge >= 0.3 is 5.97 Å². The first kappa shape index (κ1) is 15.0. The second kappa shape index (κ2) is 5.55. The molecule has 6 nitrogen and oxygen atoms in total. The Hall–Kier alpha value is -1.37. The van der Waals surface area contributed by atoms with Gasteiger partial charge in [0, 0.05) is 7.05 Å². The zero-order valence-corrected chi connectivity index (χ0v) is 12.6. The third-order valence-corrected chi connectivity index (χ3v) is 6.15. The molecular weight excluding hydrogens is 280 g/mol. The molecule has 0 saturated heterocycles. The summed E-state index contributed by atoms with van der Waals surface area (Å²) in [6.45, 7) is 2.06.